The molecule has 1 aliphatic carbocycles. The number of nitrogens with one attached hydrogen (secondary N) is 1. The average molecular weight is 373 g/mol. The van der Waals surface area contributed by atoms with Gasteiger partial charge in [0.15, 0.2) is 5.58 Å². The lowest BCUT2D eigenvalue weighted by molar-refractivity contribution is 0.443. The fourth-order valence-corrected chi connectivity index (χ4v) is 4.43. The van der Waals surface area contributed by atoms with Crippen molar-refractivity contribution in [2.45, 2.75) is 42.9 Å². The van der Waals surface area contributed by atoms with Crippen LogP contribution in [0.15, 0.2) is 56.6 Å². The highest BCUT2D eigenvalue weighted by Crippen LogP contribution is 2.33. The largest absolute Gasteiger partial charge is 0.417 e. The summed E-state index contributed by atoms with van der Waals surface area (Å²) < 4.78 is 35.1. The molecule has 7 heteroatoms. The minimum atomic E-state index is -4.01. The monoisotopic (exact) mass is 373 g/mol. The van der Waals surface area contributed by atoms with Gasteiger partial charge in [-0.15, -0.1) is 0 Å². The number of fused-ring (bicyclic) bond motifs is 1. The third-order valence-corrected chi connectivity index (χ3v) is 6.09. The quantitative estimate of drug-likeness (QED) is 0.700. The molecule has 0 bridgehead atoms. The number of aromatic amines is 1. The first-order valence-corrected chi connectivity index (χ1v) is 10.1. The van der Waals surface area contributed by atoms with Crippen LogP contribution in [-0.2, 0) is 10.1 Å². The second-order valence-electron chi connectivity index (χ2n) is 6.61. The Morgan fingerprint density at radius 1 is 1.00 bits per heavy atom. The molecule has 4 rings (SSSR count). The molecule has 0 saturated heterocycles. The summed E-state index contributed by atoms with van der Waals surface area (Å²) in [6, 6.07) is 11.4. The number of H-pyrrole nitrogens is 1. The second-order valence-corrected chi connectivity index (χ2v) is 8.16. The molecule has 6 nitrogen and oxygen atoms in total. The number of oxazole rings is 1. The Kier molecular flexibility index (Phi) is 4.32. The van der Waals surface area contributed by atoms with Crippen LogP contribution in [-0.4, -0.2) is 13.4 Å². The van der Waals surface area contributed by atoms with Gasteiger partial charge in [-0.05, 0) is 48.6 Å². The number of rotatable bonds is 4. The minimum Gasteiger partial charge on any atom is -0.408 e. The first-order valence-electron chi connectivity index (χ1n) is 8.69. The second kappa shape index (κ2) is 6.64. The Hall–Kier alpha value is -2.54. The molecule has 1 aromatic heterocycles. The summed E-state index contributed by atoms with van der Waals surface area (Å²) >= 11 is 0. The van der Waals surface area contributed by atoms with Crippen molar-refractivity contribution in [2.24, 2.45) is 0 Å². The van der Waals surface area contributed by atoms with Crippen molar-refractivity contribution in [2.75, 3.05) is 0 Å². The van der Waals surface area contributed by atoms with Crippen LogP contribution in [0, 0.1) is 0 Å². The summed E-state index contributed by atoms with van der Waals surface area (Å²) in [5.74, 6) is 0.183. The van der Waals surface area contributed by atoms with Crippen LogP contribution in [0.4, 0.5) is 0 Å². The van der Waals surface area contributed by atoms with Crippen LogP contribution in [0.2, 0.25) is 0 Å². The maximum absolute atomic E-state index is 12.5. The van der Waals surface area contributed by atoms with Gasteiger partial charge < -0.3 is 8.60 Å². The van der Waals surface area contributed by atoms with Gasteiger partial charge in [0.1, 0.15) is 10.6 Å². The summed E-state index contributed by atoms with van der Waals surface area (Å²) in [4.78, 5) is 13.6. The Morgan fingerprint density at radius 3 is 2.46 bits per heavy atom. The van der Waals surface area contributed by atoms with Gasteiger partial charge in [0.05, 0.1) is 5.52 Å². The molecule has 1 aliphatic rings. The molecule has 3 aromatic rings. The lowest BCUT2D eigenvalue weighted by atomic mass is 9.84. The van der Waals surface area contributed by atoms with E-state index in [-0.39, 0.29) is 16.2 Å². The molecule has 0 unspecified atom stereocenters. The third-order valence-electron chi connectivity index (χ3n) is 4.84. The molecule has 1 N–H and O–H groups in total. The summed E-state index contributed by atoms with van der Waals surface area (Å²) in [6.07, 6.45) is 6.15. The molecule has 0 radical (unpaired) electrons. The van der Waals surface area contributed by atoms with Gasteiger partial charge >= 0.3 is 15.9 Å². The van der Waals surface area contributed by atoms with Crippen molar-refractivity contribution >= 4 is 21.2 Å². The number of hydrogen-bond donors (Lipinski definition) is 1. The van der Waals surface area contributed by atoms with Crippen molar-refractivity contribution in [3.63, 3.8) is 0 Å². The molecular formula is C19H19NO5S. The molecule has 0 spiro atoms. The van der Waals surface area contributed by atoms with Gasteiger partial charge in [-0.25, -0.2) is 4.79 Å². The van der Waals surface area contributed by atoms with Crippen LogP contribution >= 0.6 is 0 Å². The average Bonchev–Trinajstić information content (AvgIpc) is 3.02. The van der Waals surface area contributed by atoms with Crippen LogP contribution in [0.1, 0.15) is 43.6 Å². The lowest BCUT2D eigenvalue weighted by Crippen LogP contribution is -2.10. The van der Waals surface area contributed by atoms with E-state index in [1.165, 1.54) is 55.9 Å². The highest BCUT2D eigenvalue weighted by atomic mass is 32.2. The van der Waals surface area contributed by atoms with Crippen molar-refractivity contribution in [3.05, 3.63) is 58.6 Å². The van der Waals surface area contributed by atoms with E-state index in [9.17, 15) is 13.2 Å². The highest BCUT2D eigenvalue weighted by molar-refractivity contribution is 7.87. The third kappa shape index (κ3) is 3.39. The summed E-state index contributed by atoms with van der Waals surface area (Å²) in [5, 5.41) is 0. The van der Waals surface area contributed by atoms with E-state index < -0.39 is 15.9 Å². The summed E-state index contributed by atoms with van der Waals surface area (Å²) in [6.45, 7) is 0. The molecular weight excluding hydrogens is 354 g/mol. The van der Waals surface area contributed by atoms with Crippen molar-refractivity contribution in [3.8, 4) is 5.75 Å². The zero-order valence-corrected chi connectivity index (χ0v) is 14.9. The Bertz CT molecular complexity index is 1070. The minimum absolute atomic E-state index is 0.0656. The van der Waals surface area contributed by atoms with E-state index in [0.717, 1.165) is 0 Å². The van der Waals surface area contributed by atoms with Crippen molar-refractivity contribution in [1.29, 1.82) is 0 Å². The molecule has 2 aromatic carbocycles. The van der Waals surface area contributed by atoms with E-state index >= 15 is 0 Å². The summed E-state index contributed by atoms with van der Waals surface area (Å²) in [7, 11) is -4.01. The maximum Gasteiger partial charge on any atom is 0.417 e. The highest BCUT2D eigenvalue weighted by Gasteiger charge is 2.19. The molecule has 136 valence electrons. The SMILES string of the molecule is O=c1[nH]c2ccc(S(=O)(=O)Oc3ccc(C4CCCCC4)cc3)cc2o1. The zero-order chi connectivity index (χ0) is 18.1. The topological polar surface area (TPSA) is 89.4 Å². The van der Waals surface area contributed by atoms with Gasteiger partial charge in [-0.3, -0.25) is 4.98 Å². The van der Waals surface area contributed by atoms with Gasteiger partial charge in [0.25, 0.3) is 0 Å². The van der Waals surface area contributed by atoms with Gasteiger partial charge in [-0.2, -0.15) is 8.42 Å². The van der Waals surface area contributed by atoms with E-state index in [0.29, 0.717) is 11.4 Å². The molecule has 1 saturated carbocycles. The Balaban J connectivity index is 1.55. The van der Waals surface area contributed by atoms with Crippen LogP contribution < -0.4 is 9.94 Å². The molecule has 0 amide bonds. The maximum atomic E-state index is 12.5. The number of hydrogen-bond acceptors (Lipinski definition) is 5. The standard InChI is InChI=1S/C19H19NO5S/c21-19-20-17-11-10-16(12-18(17)24-19)26(22,23)25-15-8-6-14(7-9-15)13-4-2-1-3-5-13/h6-13H,1-5H2,(H,20,21). The fraction of sp³-hybridized carbons (Fsp3) is 0.316. The predicted molar refractivity (Wildman–Crippen MR) is 96.9 cm³/mol. The van der Waals surface area contributed by atoms with Crippen LogP contribution in [0.25, 0.3) is 11.1 Å². The zero-order valence-electron chi connectivity index (χ0n) is 14.1. The lowest BCUT2D eigenvalue weighted by Gasteiger charge is -2.22. The van der Waals surface area contributed by atoms with Crippen molar-refractivity contribution in [1.82, 2.24) is 4.98 Å². The number of aromatic nitrogens is 1. The summed E-state index contributed by atoms with van der Waals surface area (Å²) in [5.41, 5.74) is 1.84. The van der Waals surface area contributed by atoms with Gasteiger partial charge in [-0.1, -0.05) is 31.4 Å². The van der Waals surface area contributed by atoms with Gasteiger partial charge in [0, 0.05) is 6.07 Å². The van der Waals surface area contributed by atoms with E-state index in [4.69, 9.17) is 8.60 Å². The first kappa shape index (κ1) is 16.9. The van der Waals surface area contributed by atoms with Crippen molar-refractivity contribution < 1.29 is 17.0 Å². The Labute approximate surface area is 150 Å². The van der Waals surface area contributed by atoms with Crippen LogP contribution in [0.3, 0.4) is 0 Å². The number of benzene rings is 2. The molecule has 26 heavy (non-hydrogen) atoms. The Morgan fingerprint density at radius 2 is 1.73 bits per heavy atom. The smallest absolute Gasteiger partial charge is 0.408 e. The van der Waals surface area contributed by atoms with E-state index in [1.807, 2.05) is 12.1 Å². The molecule has 0 atom stereocenters. The molecule has 1 fully saturated rings. The van der Waals surface area contributed by atoms with E-state index in [2.05, 4.69) is 4.98 Å². The first-order chi connectivity index (χ1) is 12.5. The molecule has 0 aliphatic heterocycles. The van der Waals surface area contributed by atoms with Crippen LogP contribution in [0.5, 0.6) is 5.75 Å². The molecule has 1 heterocycles. The van der Waals surface area contributed by atoms with Gasteiger partial charge in [0.2, 0.25) is 0 Å². The fourth-order valence-electron chi connectivity index (χ4n) is 3.49. The normalized spacial score (nSPS) is 16.0. The van der Waals surface area contributed by atoms with E-state index in [1.54, 1.807) is 12.1 Å². The predicted octanol–water partition coefficient (Wildman–Crippen LogP) is 3.94.